The van der Waals surface area contributed by atoms with Gasteiger partial charge in [-0.3, -0.25) is 9.59 Å². The Morgan fingerprint density at radius 2 is 1.81 bits per heavy atom. The smallest absolute Gasteiger partial charge is 0.239 e. The molecule has 188 valence electrons. The summed E-state index contributed by atoms with van der Waals surface area (Å²) < 4.78 is -0.138. The van der Waals surface area contributed by atoms with Crippen LogP contribution in [0.2, 0.25) is 0 Å². The zero-order valence-electron chi connectivity index (χ0n) is 20.7. The summed E-state index contributed by atoms with van der Waals surface area (Å²) in [5.74, 6) is -0.188. The predicted molar refractivity (Wildman–Crippen MR) is 152 cm³/mol. The quantitative estimate of drug-likeness (QED) is 0.324. The number of nitrogens with zero attached hydrogens (tertiary/aromatic N) is 1. The summed E-state index contributed by atoms with van der Waals surface area (Å²) in [5, 5.41) is 12.8. The van der Waals surface area contributed by atoms with Crippen molar-refractivity contribution in [1.29, 1.82) is 0 Å². The van der Waals surface area contributed by atoms with Crippen molar-refractivity contribution in [3.05, 3.63) is 98.6 Å². The second-order valence-electron chi connectivity index (χ2n) is 9.46. The Balaban J connectivity index is 1.83. The molecule has 36 heavy (non-hydrogen) atoms. The first-order valence-electron chi connectivity index (χ1n) is 12.0. The average molecular weight is 615 g/mol. The third-order valence-electron chi connectivity index (χ3n) is 6.52. The molecule has 2 N–H and O–H groups in total. The van der Waals surface area contributed by atoms with Crippen molar-refractivity contribution in [2.75, 3.05) is 0 Å². The first-order valence-corrected chi connectivity index (χ1v) is 13.9. The van der Waals surface area contributed by atoms with E-state index in [1.54, 1.807) is 0 Å². The highest BCUT2D eigenvalue weighted by Crippen LogP contribution is 2.54. The Labute approximate surface area is 230 Å². The Hall–Kier alpha value is -2.36. The molecule has 0 saturated carbocycles. The van der Waals surface area contributed by atoms with Crippen LogP contribution in [-0.4, -0.2) is 32.6 Å². The molecular weight excluding hydrogens is 583 g/mol. The number of likely N-dealkylation sites (tertiary alicyclic amines) is 1. The summed E-state index contributed by atoms with van der Waals surface area (Å²) >= 11 is 3.73. The fourth-order valence-electron chi connectivity index (χ4n) is 4.75. The summed E-state index contributed by atoms with van der Waals surface area (Å²) in [6, 6.07) is 23.1. The van der Waals surface area contributed by atoms with Crippen molar-refractivity contribution in [2.24, 2.45) is 0 Å². The van der Waals surface area contributed by atoms with Gasteiger partial charge in [-0.2, -0.15) is 0 Å². The minimum atomic E-state index is -1.06. The maximum absolute atomic E-state index is 14.2. The van der Waals surface area contributed by atoms with Crippen molar-refractivity contribution >= 4 is 46.2 Å². The molecule has 1 saturated heterocycles. The molecule has 3 aromatic rings. The van der Waals surface area contributed by atoms with Crippen LogP contribution in [0, 0.1) is 10.5 Å². The number of aryl methyl sites for hydroxylation is 1. The highest BCUT2D eigenvalue weighted by Gasteiger charge is 2.59. The van der Waals surface area contributed by atoms with Gasteiger partial charge >= 0.3 is 0 Å². The standard InChI is InChI=1S/C29H31IN2O3S/c1-19(2)32-26(34)16-29(36-23-12-9-20(3)10-13-23,28(35)31-17-21-7-5-4-6-8-21)27(32)24-14-11-22(18-33)15-25(24)30/h4-15,19,27,33H,16-18H2,1-3H3,(H,31,35)/t27-,29-/m1/s1. The summed E-state index contributed by atoms with van der Waals surface area (Å²) in [5.41, 5.74) is 3.86. The van der Waals surface area contributed by atoms with Crippen LogP contribution in [0.3, 0.4) is 0 Å². The molecule has 0 spiro atoms. The van der Waals surface area contributed by atoms with Gasteiger partial charge in [0.2, 0.25) is 11.8 Å². The number of hydrogen-bond donors (Lipinski definition) is 2. The van der Waals surface area contributed by atoms with Crippen molar-refractivity contribution in [3.63, 3.8) is 0 Å². The fourth-order valence-corrected chi connectivity index (χ4v) is 7.03. The minimum Gasteiger partial charge on any atom is -0.392 e. The zero-order valence-corrected chi connectivity index (χ0v) is 23.7. The number of rotatable bonds is 8. The van der Waals surface area contributed by atoms with Gasteiger partial charge in [0, 0.05) is 21.1 Å². The van der Waals surface area contributed by atoms with Gasteiger partial charge in [0.05, 0.1) is 19.1 Å². The number of aliphatic hydroxyl groups is 1. The molecule has 0 bridgehead atoms. The largest absolute Gasteiger partial charge is 0.392 e. The van der Waals surface area contributed by atoms with Crippen LogP contribution >= 0.6 is 34.4 Å². The van der Waals surface area contributed by atoms with E-state index in [0.29, 0.717) is 6.54 Å². The topological polar surface area (TPSA) is 69.6 Å². The van der Waals surface area contributed by atoms with Gasteiger partial charge < -0.3 is 15.3 Å². The molecule has 4 rings (SSSR count). The molecule has 7 heteroatoms. The highest BCUT2D eigenvalue weighted by molar-refractivity contribution is 14.1. The molecule has 1 heterocycles. The molecule has 1 aliphatic heterocycles. The maximum Gasteiger partial charge on any atom is 0.239 e. The second-order valence-corrected chi connectivity index (χ2v) is 12.0. The predicted octanol–water partition coefficient (Wildman–Crippen LogP) is 5.62. The molecule has 3 aromatic carbocycles. The molecule has 0 aliphatic carbocycles. The normalized spacial score (nSPS) is 19.7. The molecule has 0 unspecified atom stereocenters. The Kier molecular flexibility index (Phi) is 8.42. The summed E-state index contributed by atoms with van der Waals surface area (Å²) in [4.78, 5) is 30.6. The van der Waals surface area contributed by atoms with Gasteiger partial charge in [0.15, 0.2) is 0 Å². The van der Waals surface area contributed by atoms with Crippen molar-refractivity contribution in [1.82, 2.24) is 10.2 Å². The number of benzene rings is 3. The number of aliphatic hydroxyl groups excluding tert-OH is 1. The highest BCUT2D eigenvalue weighted by atomic mass is 127. The van der Waals surface area contributed by atoms with E-state index >= 15 is 0 Å². The van der Waals surface area contributed by atoms with E-state index in [0.717, 1.165) is 30.7 Å². The van der Waals surface area contributed by atoms with E-state index in [2.05, 4.69) is 27.9 Å². The van der Waals surface area contributed by atoms with E-state index in [1.165, 1.54) is 11.8 Å². The third kappa shape index (κ3) is 5.48. The Bertz CT molecular complexity index is 1230. The summed E-state index contributed by atoms with van der Waals surface area (Å²) in [7, 11) is 0. The maximum atomic E-state index is 14.2. The minimum absolute atomic E-state index is 0.0356. The van der Waals surface area contributed by atoms with Crippen LogP contribution in [0.1, 0.15) is 48.6 Å². The monoisotopic (exact) mass is 614 g/mol. The number of hydrogen-bond acceptors (Lipinski definition) is 4. The van der Waals surface area contributed by atoms with Gasteiger partial charge in [-0.15, -0.1) is 11.8 Å². The van der Waals surface area contributed by atoms with E-state index in [4.69, 9.17) is 0 Å². The van der Waals surface area contributed by atoms with Crippen LogP contribution in [-0.2, 0) is 22.7 Å². The number of carbonyl (C=O) groups excluding carboxylic acids is 2. The molecule has 2 atom stereocenters. The zero-order chi connectivity index (χ0) is 25.9. The van der Waals surface area contributed by atoms with Gasteiger partial charge in [0.25, 0.3) is 0 Å². The SMILES string of the molecule is Cc1ccc(S[C@]2(C(=O)NCc3ccccc3)CC(=O)N(C(C)C)[C@@H]2c2ccc(CO)cc2I)cc1. The van der Waals surface area contributed by atoms with Gasteiger partial charge in [-0.1, -0.05) is 60.2 Å². The lowest BCUT2D eigenvalue weighted by molar-refractivity contribution is -0.130. The molecule has 0 aromatic heterocycles. The molecule has 1 aliphatic rings. The van der Waals surface area contributed by atoms with Crippen LogP contribution in [0.5, 0.6) is 0 Å². The Morgan fingerprint density at radius 3 is 2.42 bits per heavy atom. The summed E-state index contributed by atoms with van der Waals surface area (Å²) in [6.07, 6.45) is 0.104. The number of carbonyl (C=O) groups is 2. The molecule has 0 radical (unpaired) electrons. The Morgan fingerprint density at radius 1 is 1.11 bits per heavy atom. The van der Waals surface area contributed by atoms with Crippen molar-refractivity contribution < 1.29 is 14.7 Å². The average Bonchev–Trinajstić information content (AvgIpc) is 3.17. The number of thioether (sulfide) groups is 1. The van der Waals surface area contributed by atoms with E-state index in [-0.39, 0.29) is 30.9 Å². The van der Waals surface area contributed by atoms with Gasteiger partial charge in [-0.05, 0) is 78.3 Å². The van der Waals surface area contributed by atoms with Gasteiger partial charge in [-0.25, -0.2) is 0 Å². The van der Waals surface area contributed by atoms with Crippen LogP contribution in [0.4, 0.5) is 0 Å². The van der Waals surface area contributed by atoms with E-state index in [9.17, 15) is 14.7 Å². The van der Waals surface area contributed by atoms with E-state index < -0.39 is 10.8 Å². The second kappa shape index (κ2) is 11.4. The van der Waals surface area contributed by atoms with Crippen LogP contribution in [0.25, 0.3) is 0 Å². The first kappa shape index (κ1) is 26.7. The van der Waals surface area contributed by atoms with E-state index in [1.807, 2.05) is 98.5 Å². The number of amides is 2. The fraction of sp³-hybridized carbons (Fsp3) is 0.310. The van der Waals surface area contributed by atoms with Crippen molar-refractivity contribution in [2.45, 2.75) is 62.1 Å². The van der Waals surface area contributed by atoms with Crippen LogP contribution in [0.15, 0.2) is 77.7 Å². The molecule has 1 fully saturated rings. The van der Waals surface area contributed by atoms with Crippen molar-refractivity contribution in [3.8, 4) is 0 Å². The van der Waals surface area contributed by atoms with Gasteiger partial charge in [0.1, 0.15) is 4.75 Å². The lowest BCUT2D eigenvalue weighted by Gasteiger charge is -2.38. The summed E-state index contributed by atoms with van der Waals surface area (Å²) in [6.45, 7) is 6.35. The van der Waals surface area contributed by atoms with Crippen LogP contribution < -0.4 is 5.32 Å². The third-order valence-corrected chi connectivity index (χ3v) is 8.88. The lowest BCUT2D eigenvalue weighted by Crippen LogP contribution is -2.49. The molecular formula is C29H31IN2O3S. The number of nitrogens with one attached hydrogen (secondary N) is 1. The lowest BCUT2D eigenvalue weighted by atomic mass is 9.90. The number of halogens is 1. The first-order chi connectivity index (χ1) is 17.2. The molecule has 5 nitrogen and oxygen atoms in total. The molecule has 2 amide bonds.